The Morgan fingerprint density at radius 2 is 1.92 bits per heavy atom. The zero-order valence-corrected chi connectivity index (χ0v) is 14.9. The van der Waals surface area contributed by atoms with Crippen molar-refractivity contribution in [3.05, 3.63) is 69.5 Å². The Hall–Kier alpha value is -2.09. The molecule has 0 fully saturated rings. The second-order valence-corrected chi connectivity index (χ2v) is 6.48. The summed E-state index contributed by atoms with van der Waals surface area (Å²) >= 11 is 11.2. The van der Waals surface area contributed by atoms with Crippen molar-refractivity contribution in [3.63, 3.8) is 0 Å². The molecule has 0 unspecified atom stereocenters. The quantitative estimate of drug-likeness (QED) is 0.656. The summed E-state index contributed by atoms with van der Waals surface area (Å²) in [6, 6.07) is 10.8. The molecule has 2 aromatic carbocycles. The van der Waals surface area contributed by atoms with Crippen LogP contribution in [0.3, 0.4) is 0 Å². The molecule has 1 heterocycles. The Bertz CT molecular complexity index is 937. The maximum atomic E-state index is 13.8. The monoisotopic (exact) mass is 380 g/mol. The van der Waals surface area contributed by atoms with Gasteiger partial charge in [-0.2, -0.15) is 4.98 Å². The highest BCUT2D eigenvalue weighted by molar-refractivity contribution is 7.71. The second-order valence-electron chi connectivity index (χ2n) is 5.68. The predicted octanol–water partition coefficient (Wildman–Crippen LogP) is 4.63. The Balaban J connectivity index is 1.74. The lowest BCUT2D eigenvalue weighted by Crippen LogP contribution is -2.23. The van der Waals surface area contributed by atoms with E-state index in [1.165, 1.54) is 12.1 Å². The van der Waals surface area contributed by atoms with Gasteiger partial charge in [0.1, 0.15) is 11.6 Å². The summed E-state index contributed by atoms with van der Waals surface area (Å²) < 4.78 is 28.8. The van der Waals surface area contributed by atoms with Crippen molar-refractivity contribution in [3.8, 4) is 11.4 Å². The van der Waals surface area contributed by atoms with Crippen molar-refractivity contribution >= 4 is 23.8 Å². The van der Waals surface area contributed by atoms with Gasteiger partial charge in [-0.05, 0) is 49.6 Å². The molecule has 8 heteroatoms. The molecule has 0 atom stereocenters. The average Bonchev–Trinajstić information content (AvgIpc) is 2.91. The van der Waals surface area contributed by atoms with E-state index in [4.69, 9.17) is 23.8 Å². The molecule has 1 N–H and O–H groups in total. The van der Waals surface area contributed by atoms with Gasteiger partial charge >= 0.3 is 0 Å². The number of benzene rings is 2. The second kappa shape index (κ2) is 7.43. The number of aromatic nitrogens is 3. The molecular weight excluding hydrogens is 366 g/mol. The molecule has 25 heavy (non-hydrogen) atoms. The van der Waals surface area contributed by atoms with Crippen molar-refractivity contribution < 1.29 is 8.78 Å². The van der Waals surface area contributed by atoms with Crippen LogP contribution in [0.15, 0.2) is 42.5 Å². The summed E-state index contributed by atoms with van der Waals surface area (Å²) in [5.41, 5.74) is 1.27. The van der Waals surface area contributed by atoms with Gasteiger partial charge in [0.05, 0.1) is 6.67 Å². The fourth-order valence-corrected chi connectivity index (χ4v) is 2.74. The Morgan fingerprint density at radius 1 is 1.20 bits per heavy atom. The molecule has 0 saturated heterocycles. The summed E-state index contributed by atoms with van der Waals surface area (Å²) in [5, 5.41) is 3.76. The third-order valence-electron chi connectivity index (χ3n) is 3.64. The van der Waals surface area contributed by atoms with Crippen LogP contribution in [0.5, 0.6) is 0 Å². The van der Waals surface area contributed by atoms with Gasteiger partial charge in [-0.1, -0.05) is 17.7 Å². The van der Waals surface area contributed by atoms with E-state index >= 15 is 0 Å². The maximum Gasteiger partial charge on any atom is 0.217 e. The lowest BCUT2D eigenvalue weighted by Gasteiger charge is -2.17. The summed E-state index contributed by atoms with van der Waals surface area (Å²) in [4.78, 5) is 6.17. The van der Waals surface area contributed by atoms with Gasteiger partial charge in [0, 0.05) is 28.8 Å². The summed E-state index contributed by atoms with van der Waals surface area (Å²) in [6.45, 7) is 0.694. The van der Waals surface area contributed by atoms with Gasteiger partial charge in [0.15, 0.2) is 5.82 Å². The third-order valence-corrected chi connectivity index (χ3v) is 4.20. The molecule has 130 valence electrons. The van der Waals surface area contributed by atoms with E-state index in [1.54, 1.807) is 16.8 Å². The Kier molecular flexibility index (Phi) is 5.27. The van der Waals surface area contributed by atoms with Gasteiger partial charge < -0.3 is 0 Å². The normalized spacial score (nSPS) is 11.2. The van der Waals surface area contributed by atoms with Gasteiger partial charge in [0.25, 0.3) is 0 Å². The Morgan fingerprint density at radius 3 is 2.60 bits per heavy atom. The third kappa shape index (κ3) is 4.31. The number of halogens is 3. The van der Waals surface area contributed by atoms with Crippen molar-refractivity contribution in [1.29, 1.82) is 0 Å². The largest absolute Gasteiger partial charge is 0.283 e. The van der Waals surface area contributed by atoms with Gasteiger partial charge in [-0.15, -0.1) is 0 Å². The molecule has 4 nitrogen and oxygen atoms in total. The van der Waals surface area contributed by atoms with Crippen LogP contribution in [0, 0.1) is 16.4 Å². The minimum Gasteiger partial charge on any atom is -0.283 e. The molecule has 0 radical (unpaired) electrons. The predicted molar refractivity (Wildman–Crippen MR) is 95.7 cm³/mol. The van der Waals surface area contributed by atoms with E-state index in [1.807, 2.05) is 24.1 Å². The van der Waals surface area contributed by atoms with Crippen LogP contribution in [-0.4, -0.2) is 26.7 Å². The molecule has 0 saturated carbocycles. The highest BCUT2D eigenvalue weighted by Gasteiger charge is 2.10. The number of rotatable bonds is 5. The van der Waals surface area contributed by atoms with Crippen molar-refractivity contribution in [2.45, 2.75) is 13.2 Å². The maximum absolute atomic E-state index is 13.8. The smallest absolute Gasteiger partial charge is 0.217 e. The molecule has 0 bridgehead atoms. The van der Waals surface area contributed by atoms with E-state index in [0.29, 0.717) is 34.4 Å². The van der Waals surface area contributed by atoms with E-state index in [9.17, 15) is 8.78 Å². The lowest BCUT2D eigenvalue weighted by atomic mass is 10.2. The molecule has 1 aromatic heterocycles. The topological polar surface area (TPSA) is 36.9 Å². The minimum absolute atomic E-state index is 0.309. The van der Waals surface area contributed by atoms with Gasteiger partial charge in [-0.3, -0.25) is 10.00 Å². The van der Waals surface area contributed by atoms with Gasteiger partial charge in [-0.25, -0.2) is 13.5 Å². The highest BCUT2D eigenvalue weighted by Crippen LogP contribution is 2.18. The fourth-order valence-electron chi connectivity index (χ4n) is 2.42. The van der Waals surface area contributed by atoms with Crippen molar-refractivity contribution in [2.24, 2.45) is 0 Å². The van der Waals surface area contributed by atoms with Crippen LogP contribution in [0.4, 0.5) is 8.78 Å². The molecule has 0 spiro atoms. The van der Waals surface area contributed by atoms with E-state index in [0.717, 1.165) is 11.6 Å². The molecular formula is C17H15ClF2N4S. The molecule has 3 aromatic rings. The van der Waals surface area contributed by atoms with E-state index in [2.05, 4.69) is 10.1 Å². The van der Waals surface area contributed by atoms with Gasteiger partial charge in [0.2, 0.25) is 4.77 Å². The first-order valence-corrected chi connectivity index (χ1v) is 8.26. The standard InChI is InChI=1S/C17H15ClF2N4S/c1-23(9-12-4-7-14(19)8-15(12)20)10-24-17(25)21-16(22-24)11-2-5-13(18)6-3-11/h2-8H,9-10H2,1H3,(H,21,22,25). The SMILES string of the molecule is CN(Cc1ccc(F)cc1F)Cn1[nH]c(-c2ccc(Cl)cc2)nc1=S. The number of hydrogen-bond acceptors (Lipinski definition) is 3. The first kappa shape index (κ1) is 17.7. The number of hydrogen-bond donors (Lipinski definition) is 1. The summed E-state index contributed by atoms with van der Waals surface area (Å²) in [7, 11) is 1.81. The molecule has 3 rings (SSSR count). The van der Waals surface area contributed by atoms with Crippen LogP contribution in [0.25, 0.3) is 11.4 Å². The summed E-state index contributed by atoms with van der Waals surface area (Å²) in [6.07, 6.45) is 0. The average molecular weight is 381 g/mol. The van der Waals surface area contributed by atoms with Crippen LogP contribution in [0.1, 0.15) is 5.56 Å². The number of H-pyrrole nitrogens is 1. The number of nitrogens with one attached hydrogen (secondary N) is 1. The number of nitrogens with zero attached hydrogens (tertiary/aromatic N) is 3. The van der Waals surface area contributed by atoms with Crippen LogP contribution in [0.2, 0.25) is 5.02 Å². The first-order chi connectivity index (χ1) is 11.9. The molecule has 0 aliphatic heterocycles. The molecule has 0 aliphatic carbocycles. The van der Waals surface area contributed by atoms with Crippen molar-refractivity contribution in [2.75, 3.05) is 7.05 Å². The zero-order valence-electron chi connectivity index (χ0n) is 13.3. The van der Waals surface area contributed by atoms with Crippen LogP contribution < -0.4 is 0 Å². The molecule has 0 amide bonds. The van der Waals surface area contributed by atoms with E-state index < -0.39 is 11.6 Å². The lowest BCUT2D eigenvalue weighted by molar-refractivity contribution is 0.241. The zero-order chi connectivity index (χ0) is 18.0. The minimum atomic E-state index is -0.590. The van der Waals surface area contributed by atoms with E-state index in [-0.39, 0.29) is 0 Å². The van der Waals surface area contributed by atoms with Crippen LogP contribution >= 0.6 is 23.8 Å². The fraction of sp³-hybridized carbons (Fsp3) is 0.176. The highest BCUT2D eigenvalue weighted by atomic mass is 35.5. The van der Waals surface area contributed by atoms with Crippen molar-refractivity contribution in [1.82, 2.24) is 19.7 Å². The van der Waals surface area contributed by atoms with Crippen LogP contribution in [-0.2, 0) is 13.2 Å². The molecule has 0 aliphatic rings. The summed E-state index contributed by atoms with van der Waals surface area (Å²) in [5.74, 6) is -0.530. The Labute approximate surface area is 153 Å². The number of aromatic amines is 1. The first-order valence-electron chi connectivity index (χ1n) is 7.47.